The van der Waals surface area contributed by atoms with Crippen LogP contribution in [0.4, 0.5) is 0 Å². The highest BCUT2D eigenvalue weighted by Gasteiger charge is 2.28. The van der Waals surface area contributed by atoms with Gasteiger partial charge in [0.15, 0.2) is 0 Å². The van der Waals surface area contributed by atoms with Crippen LogP contribution in [0.5, 0.6) is 0 Å². The summed E-state index contributed by atoms with van der Waals surface area (Å²) in [5, 5.41) is 24.0. The molecule has 4 atom stereocenters. The molecule has 0 rings (SSSR count). The van der Waals surface area contributed by atoms with Gasteiger partial charge in [0, 0.05) is 6.54 Å². The summed E-state index contributed by atoms with van der Waals surface area (Å²) < 4.78 is 22.0. The summed E-state index contributed by atoms with van der Waals surface area (Å²) in [6.07, 6.45) is 27.2. The van der Waals surface area contributed by atoms with Crippen LogP contribution in [0.1, 0.15) is 181 Å². The third-order valence-electron chi connectivity index (χ3n) is 8.52. The number of carbonyl (C=O) groups is 1. The maximum absolute atomic E-state index is 12.7. The molecule has 0 radical (unpaired) electrons. The van der Waals surface area contributed by atoms with Crippen LogP contribution in [-0.2, 0) is 18.4 Å². The zero-order valence-corrected chi connectivity index (χ0v) is 30.1. The van der Waals surface area contributed by atoms with Gasteiger partial charge in [-0.3, -0.25) is 13.8 Å². The molecule has 270 valence electrons. The van der Waals surface area contributed by atoms with E-state index in [4.69, 9.17) is 14.8 Å². The molecule has 0 aromatic heterocycles. The summed E-state index contributed by atoms with van der Waals surface area (Å²) in [5.74, 6) is -0.415. The molecule has 0 aromatic carbocycles. The first kappa shape index (κ1) is 44.5. The van der Waals surface area contributed by atoms with Crippen molar-refractivity contribution < 1.29 is 33.5 Å². The number of carbonyl (C=O) groups excluding carboxylic acids is 1. The first-order valence-corrected chi connectivity index (χ1v) is 20.2. The van der Waals surface area contributed by atoms with Gasteiger partial charge >= 0.3 is 7.82 Å². The Morgan fingerprint density at radius 2 is 1.07 bits per heavy atom. The van der Waals surface area contributed by atoms with E-state index in [1.807, 2.05) is 0 Å². The van der Waals surface area contributed by atoms with Crippen molar-refractivity contribution in [3.8, 4) is 0 Å². The minimum atomic E-state index is -4.36. The molecule has 0 aliphatic carbocycles. The lowest BCUT2D eigenvalue weighted by molar-refractivity contribution is -0.125. The van der Waals surface area contributed by atoms with E-state index in [2.05, 4.69) is 19.2 Å². The van der Waals surface area contributed by atoms with Crippen molar-refractivity contribution in [2.24, 2.45) is 5.73 Å². The van der Waals surface area contributed by atoms with Crippen molar-refractivity contribution in [3.63, 3.8) is 0 Å². The molecule has 0 bridgehead atoms. The molecule has 0 aliphatic heterocycles. The van der Waals surface area contributed by atoms with Crippen molar-refractivity contribution >= 4 is 13.7 Å². The minimum absolute atomic E-state index is 0.0621. The number of phosphoric ester groups is 1. The predicted octanol–water partition coefficient (Wildman–Crippen LogP) is 8.47. The van der Waals surface area contributed by atoms with Crippen molar-refractivity contribution in [1.82, 2.24) is 5.32 Å². The van der Waals surface area contributed by atoms with Crippen molar-refractivity contribution in [2.75, 3.05) is 19.8 Å². The second-order valence-electron chi connectivity index (χ2n) is 13.0. The summed E-state index contributed by atoms with van der Waals surface area (Å²) >= 11 is 0. The zero-order chi connectivity index (χ0) is 33.4. The average molecular weight is 665 g/mol. The molecule has 0 saturated heterocycles. The number of nitrogens with two attached hydrogens (primary N) is 1. The van der Waals surface area contributed by atoms with Crippen LogP contribution < -0.4 is 11.1 Å². The molecular weight excluding hydrogens is 591 g/mol. The summed E-state index contributed by atoms with van der Waals surface area (Å²) in [7, 11) is -4.36. The number of phosphoric acid groups is 1. The molecule has 0 heterocycles. The topological polar surface area (TPSA) is 151 Å². The molecule has 0 saturated carbocycles. The summed E-state index contributed by atoms with van der Waals surface area (Å²) in [5.41, 5.74) is 5.34. The van der Waals surface area contributed by atoms with Gasteiger partial charge in [0.25, 0.3) is 0 Å². The number of hydrogen-bond acceptors (Lipinski definition) is 7. The molecular formula is C35H73N2O7P. The standard InChI is InChI=1S/C35H73N2O7P/c1-3-5-7-9-11-13-14-15-16-17-18-19-21-23-25-27-34(39)33(31-44-45(41,42)43-29-28-36)37-35(40)30-32(38)26-24-22-20-12-10-8-6-4-2/h32-34,38-39H,3-31,36H2,1-2H3,(H,37,40)(H,41,42). The second-order valence-corrected chi connectivity index (χ2v) is 14.4. The molecule has 0 spiro atoms. The largest absolute Gasteiger partial charge is 0.472 e. The molecule has 0 fully saturated rings. The van der Waals surface area contributed by atoms with Gasteiger partial charge in [-0.15, -0.1) is 0 Å². The summed E-state index contributed by atoms with van der Waals surface area (Å²) in [6, 6.07) is -0.888. The summed E-state index contributed by atoms with van der Waals surface area (Å²) in [6.45, 7) is 4.01. The highest BCUT2D eigenvalue weighted by molar-refractivity contribution is 7.47. The lowest BCUT2D eigenvalue weighted by atomic mass is 10.0. The smallest absolute Gasteiger partial charge is 0.393 e. The maximum atomic E-state index is 12.7. The molecule has 4 unspecified atom stereocenters. The predicted molar refractivity (Wildman–Crippen MR) is 186 cm³/mol. The maximum Gasteiger partial charge on any atom is 0.472 e. The fourth-order valence-corrected chi connectivity index (χ4v) is 6.41. The highest BCUT2D eigenvalue weighted by Crippen LogP contribution is 2.43. The van der Waals surface area contributed by atoms with E-state index in [1.165, 1.54) is 109 Å². The van der Waals surface area contributed by atoms with E-state index in [0.29, 0.717) is 12.8 Å². The van der Waals surface area contributed by atoms with Crippen molar-refractivity contribution in [2.45, 2.75) is 199 Å². The number of rotatable bonds is 35. The molecule has 0 aliphatic rings. The first-order valence-electron chi connectivity index (χ1n) is 18.7. The average Bonchev–Trinajstić information content (AvgIpc) is 3.01. The van der Waals surface area contributed by atoms with E-state index in [-0.39, 0.29) is 26.2 Å². The Balaban J connectivity index is 4.34. The van der Waals surface area contributed by atoms with E-state index < -0.39 is 32.0 Å². The van der Waals surface area contributed by atoms with E-state index in [1.54, 1.807) is 0 Å². The van der Waals surface area contributed by atoms with E-state index >= 15 is 0 Å². The van der Waals surface area contributed by atoms with Crippen LogP contribution in [0, 0.1) is 0 Å². The number of amides is 1. The third-order valence-corrected chi connectivity index (χ3v) is 9.50. The van der Waals surface area contributed by atoms with Crippen molar-refractivity contribution in [1.29, 1.82) is 0 Å². The lowest BCUT2D eigenvalue weighted by Crippen LogP contribution is -2.47. The lowest BCUT2D eigenvalue weighted by Gasteiger charge is -2.25. The molecule has 10 heteroatoms. The van der Waals surface area contributed by atoms with Crippen LogP contribution in [0.2, 0.25) is 0 Å². The van der Waals surface area contributed by atoms with Gasteiger partial charge in [0.2, 0.25) is 5.91 Å². The van der Waals surface area contributed by atoms with Crippen LogP contribution in [0.15, 0.2) is 0 Å². The van der Waals surface area contributed by atoms with Gasteiger partial charge in [0.1, 0.15) is 0 Å². The number of aliphatic hydroxyl groups is 2. The summed E-state index contributed by atoms with van der Waals surface area (Å²) in [4.78, 5) is 22.6. The van der Waals surface area contributed by atoms with E-state index in [0.717, 1.165) is 38.5 Å². The van der Waals surface area contributed by atoms with Crippen LogP contribution in [-0.4, -0.2) is 59.0 Å². The van der Waals surface area contributed by atoms with E-state index in [9.17, 15) is 24.5 Å². The normalized spacial score (nSPS) is 15.1. The quantitative estimate of drug-likeness (QED) is 0.0334. The van der Waals surface area contributed by atoms with Gasteiger partial charge in [-0.25, -0.2) is 4.57 Å². The van der Waals surface area contributed by atoms with Gasteiger partial charge in [-0.05, 0) is 12.8 Å². The zero-order valence-electron chi connectivity index (χ0n) is 29.2. The fraction of sp³-hybridized carbons (Fsp3) is 0.971. The van der Waals surface area contributed by atoms with Crippen LogP contribution in [0.3, 0.4) is 0 Å². The van der Waals surface area contributed by atoms with Gasteiger partial charge in [-0.1, -0.05) is 162 Å². The molecule has 0 aromatic rings. The number of hydrogen-bond donors (Lipinski definition) is 5. The fourth-order valence-electron chi connectivity index (χ4n) is 5.65. The Hall–Kier alpha value is -0.540. The van der Waals surface area contributed by atoms with Gasteiger partial charge < -0.3 is 26.2 Å². The number of unbranched alkanes of at least 4 members (excludes halogenated alkanes) is 21. The Kier molecular flexibility index (Phi) is 31.6. The van der Waals surface area contributed by atoms with Gasteiger partial charge in [-0.2, -0.15) is 0 Å². The first-order chi connectivity index (χ1) is 21.8. The minimum Gasteiger partial charge on any atom is -0.393 e. The van der Waals surface area contributed by atoms with Crippen LogP contribution >= 0.6 is 7.82 Å². The van der Waals surface area contributed by atoms with Crippen LogP contribution in [0.25, 0.3) is 0 Å². The molecule has 1 amide bonds. The SMILES string of the molecule is CCCCCCCCCCCCCCCCCC(O)C(COP(=O)(O)OCCN)NC(=O)CC(O)CCCCCCCCCC. The Morgan fingerprint density at radius 1 is 0.667 bits per heavy atom. The third kappa shape index (κ3) is 30.5. The molecule has 45 heavy (non-hydrogen) atoms. The number of aliphatic hydroxyl groups excluding tert-OH is 2. The monoisotopic (exact) mass is 665 g/mol. The van der Waals surface area contributed by atoms with Gasteiger partial charge in [0.05, 0.1) is 37.9 Å². The highest BCUT2D eigenvalue weighted by atomic mass is 31.2. The Labute approximate surface area is 276 Å². The second kappa shape index (κ2) is 32.0. The Morgan fingerprint density at radius 3 is 1.49 bits per heavy atom. The molecule has 9 nitrogen and oxygen atoms in total. The van der Waals surface area contributed by atoms with Crippen molar-refractivity contribution in [3.05, 3.63) is 0 Å². The number of nitrogens with one attached hydrogen (secondary N) is 1. The molecule has 6 N–H and O–H groups in total. The Bertz CT molecular complexity index is 701.